The molecule has 4 fully saturated rings. The van der Waals surface area contributed by atoms with Gasteiger partial charge >= 0.3 is 12.1 Å². The van der Waals surface area contributed by atoms with Gasteiger partial charge in [0.15, 0.2) is 17.1 Å². The highest BCUT2D eigenvalue weighted by Crippen LogP contribution is 2.77. The van der Waals surface area contributed by atoms with Gasteiger partial charge in [0.25, 0.3) is 0 Å². The summed E-state index contributed by atoms with van der Waals surface area (Å²) in [6.45, 7) is 4.04. The number of rotatable bonds is 3. The average Bonchev–Trinajstić information content (AvgIpc) is 3.21. The molecule has 0 radical (unpaired) electrons. The minimum Gasteiger partial charge on any atom is -0.479 e. The lowest BCUT2D eigenvalue weighted by Crippen LogP contribution is -2.73. The summed E-state index contributed by atoms with van der Waals surface area (Å²) in [5.41, 5.74) is -8.66. The molecule has 3 saturated carbocycles. The first-order valence-corrected chi connectivity index (χ1v) is 12.2. The van der Waals surface area contributed by atoms with Crippen LogP contribution in [0.4, 0.5) is 22.0 Å². The normalized spacial score (nSPS) is 50.2. The molecule has 36 heavy (non-hydrogen) atoms. The fourth-order valence-corrected chi connectivity index (χ4v) is 8.53. The highest BCUT2D eigenvalue weighted by Gasteiger charge is 2.83. The van der Waals surface area contributed by atoms with Crippen molar-refractivity contribution in [1.82, 2.24) is 5.06 Å². The molecule has 0 aromatic carbocycles. The van der Waals surface area contributed by atoms with Crippen LogP contribution < -0.4 is 0 Å². The zero-order chi connectivity index (χ0) is 26.7. The van der Waals surface area contributed by atoms with E-state index in [1.807, 2.05) is 0 Å². The second-order valence-electron chi connectivity index (χ2n) is 11.8. The number of carbonyl (C=O) groups is 2. The number of hydrogen-bond donors (Lipinski definition) is 2. The van der Waals surface area contributed by atoms with Crippen molar-refractivity contribution >= 4 is 11.8 Å². The van der Waals surface area contributed by atoms with E-state index in [1.54, 1.807) is 13.8 Å². The molecule has 1 heterocycles. The van der Waals surface area contributed by atoms with Crippen LogP contribution in [-0.2, 0) is 14.4 Å². The Morgan fingerprint density at radius 3 is 2.53 bits per heavy atom. The molecule has 0 spiro atoms. The minimum atomic E-state index is -4.46. The van der Waals surface area contributed by atoms with E-state index in [2.05, 4.69) is 0 Å². The van der Waals surface area contributed by atoms with Gasteiger partial charge in [-0.1, -0.05) is 19.9 Å². The molecule has 5 rings (SSSR count). The van der Waals surface area contributed by atoms with Gasteiger partial charge < -0.3 is 10.2 Å². The van der Waals surface area contributed by atoms with E-state index >= 15 is 8.78 Å². The van der Waals surface area contributed by atoms with Crippen molar-refractivity contribution in [3.63, 3.8) is 0 Å². The number of fused-ring (bicyclic) bond motifs is 7. The Kier molecular flexibility index (Phi) is 5.28. The monoisotopic (exact) mass is 519 g/mol. The Morgan fingerprint density at radius 1 is 1.25 bits per heavy atom. The van der Waals surface area contributed by atoms with E-state index < -0.39 is 82.5 Å². The highest BCUT2D eigenvalue weighted by atomic mass is 19.4. The Bertz CT molecular complexity index is 1080. The zero-order valence-corrected chi connectivity index (χ0v) is 20.2. The van der Waals surface area contributed by atoms with Gasteiger partial charge in [-0.05, 0) is 49.3 Å². The van der Waals surface area contributed by atoms with E-state index in [0.717, 1.165) is 17.2 Å². The van der Waals surface area contributed by atoms with Crippen molar-refractivity contribution in [1.29, 1.82) is 0 Å². The van der Waals surface area contributed by atoms with Crippen LogP contribution in [0, 0.1) is 28.1 Å². The second-order valence-corrected chi connectivity index (χ2v) is 11.8. The summed E-state index contributed by atoms with van der Waals surface area (Å²) in [7, 11) is 0. The van der Waals surface area contributed by atoms with Crippen molar-refractivity contribution < 1.29 is 46.6 Å². The summed E-state index contributed by atoms with van der Waals surface area (Å²) in [6, 6.07) is 0. The SMILES string of the molecule is C[C@]12C[C@H](O)[C@@]3(F)[C@@H](C[C@H](F)C4=CC(=O)C=C[C@@]43C)[C@]1(C)C[C@H]1CN(CCC(F)(F)F)O[C@]12C(=O)O. The zero-order valence-electron chi connectivity index (χ0n) is 20.2. The summed E-state index contributed by atoms with van der Waals surface area (Å²) < 4.78 is 71.5. The lowest BCUT2D eigenvalue weighted by molar-refractivity contribution is -0.294. The van der Waals surface area contributed by atoms with Crippen LogP contribution in [0.1, 0.15) is 46.5 Å². The molecule has 0 bridgehead atoms. The van der Waals surface area contributed by atoms with E-state index in [0.29, 0.717) is 0 Å². The van der Waals surface area contributed by atoms with E-state index in [4.69, 9.17) is 4.84 Å². The summed E-state index contributed by atoms with van der Waals surface area (Å²) in [4.78, 5) is 30.6. The van der Waals surface area contributed by atoms with Gasteiger partial charge in [0, 0.05) is 35.8 Å². The van der Waals surface area contributed by atoms with Gasteiger partial charge in [-0.3, -0.25) is 9.63 Å². The predicted molar refractivity (Wildman–Crippen MR) is 116 cm³/mol. The van der Waals surface area contributed by atoms with Gasteiger partial charge in [-0.25, -0.2) is 13.6 Å². The van der Waals surface area contributed by atoms with Gasteiger partial charge in [0.2, 0.25) is 0 Å². The third kappa shape index (κ3) is 2.88. The average molecular weight is 520 g/mol. The number of aliphatic carboxylic acids is 1. The van der Waals surface area contributed by atoms with Gasteiger partial charge in [0.05, 0.1) is 12.5 Å². The summed E-state index contributed by atoms with van der Waals surface area (Å²) in [5.74, 6) is -3.79. The van der Waals surface area contributed by atoms with Crippen molar-refractivity contribution in [2.75, 3.05) is 13.1 Å². The van der Waals surface area contributed by atoms with Crippen LogP contribution >= 0.6 is 0 Å². The predicted octanol–water partition coefficient (Wildman–Crippen LogP) is 3.94. The van der Waals surface area contributed by atoms with Crippen LogP contribution in [0.3, 0.4) is 0 Å². The number of hydrogen-bond acceptors (Lipinski definition) is 5. The largest absolute Gasteiger partial charge is 0.479 e. The molecule has 0 amide bonds. The lowest BCUT2D eigenvalue weighted by Gasteiger charge is -2.66. The molecule has 11 heteroatoms. The molecule has 6 nitrogen and oxygen atoms in total. The maximum atomic E-state index is 17.4. The van der Waals surface area contributed by atoms with Crippen molar-refractivity contribution in [2.24, 2.45) is 28.1 Å². The maximum absolute atomic E-state index is 17.4. The number of carboxylic acid groups (broad SMARTS) is 1. The van der Waals surface area contributed by atoms with Gasteiger partial charge in [-0.15, -0.1) is 0 Å². The van der Waals surface area contributed by atoms with Crippen LogP contribution in [-0.4, -0.2) is 69.8 Å². The highest BCUT2D eigenvalue weighted by molar-refractivity contribution is 6.01. The smallest absolute Gasteiger partial charge is 0.390 e. The fraction of sp³-hybridized carbons (Fsp3) is 0.760. The minimum absolute atomic E-state index is 0.0410. The first-order valence-electron chi connectivity index (χ1n) is 12.2. The number of halogens is 5. The summed E-state index contributed by atoms with van der Waals surface area (Å²) in [5, 5.41) is 22.8. The maximum Gasteiger partial charge on any atom is 0.390 e. The molecule has 0 unspecified atom stereocenters. The molecule has 1 saturated heterocycles. The number of carbonyl (C=O) groups excluding carboxylic acids is 1. The Morgan fingerprint density at radius 2 is 1.92 bits per heavy atom. The van der Waals surface area contributed by atoms with Gasteiger partial charge in [-0.2, -0.15) is 18.2 Å². The molecular formula is C25H30F5NO5. The van der Waals surface area contributed by atoms with Crippen LogP contribution in [0.5, 0.6) is 0 Å². The Hall–Kier alpha value is -1.85. The van der Waals surface area contributed by atoms with Crippen LogP contribution in [0.25, 0.3) is 0 Å². The second kappa shape index (κ2) is 7.38. The Balaban J connectivity index is 1.59. The first-order chi connectivity index (χ1) is 16.5. The molecule has 0 aromatic rings. The first kappa shape index (κ1) is 25.8. The summed E-state index contributed by atoms with van der Waals surface area (Å²) in [6.07, 6.45) is -6.17. The third-order valence-electron chi connectivity index (χ3n) is 10.4. The van der Waals surface area contributed by atoms with Crippen molar-refractivity contribution in [3.05, 3.63) is 23.8 Å². The molecule has 0 aromatic heterocycles. The van der Waals surface area contributed by atoms with E-state index in [9.17, 15) is 33.0 Å². The number of alkyl halides is 5. The quantitative estimate of drug-likeness (QED) is 0.550. The molecule has 2 N–H and O–H groups in total. The topological polar surface area (TPSA) is 87.1 Å². The summed E-state index contributed by atoms with van der Waals surface area (Å²) >= 11 is 0. The molecule has 4 aliphatic carbocycles. The van der Waals surface area contributed by atoms with Crippen molar-refractivity contribution in [3.8, 4) is 0 Å². The molecule has 1 aliphatic heterocycles. The number of nitrogens with zero attached hydrogens (tertiary/aromatic N) is 1. The van der Waals surface area contributed by atoms with Crippen LogP contribution in [0.15, 0.2) is 23.8 Å². The number of hydroxylamine groups is 2. The van der Waals surface area contributed by atoms with Gasteiger partial charge in [0.1, 0.15) is 6.17 Å². The third-order valence-corrected chi connectivity index (χ3v) is 10.4. The molecule has 9 atom stereocenters. The Labute approximate surface area is 205 Å². The van der Waals surface area contributed by atoms with Crippen LogP contribution in [0.2, 0.25) is 0 Å². The number of carboxylic acids is 1. The molecule has 5 aliphatic rings. The van der Waals surface area contributed by atoms with E-state index in [-0.39, 0.29) is 31.4 Å². The number of allylic oxidation sites excluding steroid dienone is 4. The molecular weight excluding hydrogens is 489 g/mol. The standard InChI is InChI=1S/C25H30F5NO5/c1-20-5-4-14(32)8-15(20)16(26)9-17-21(2)10-13-12-31(7-6-23(27,28)29)36-25(13,19(34)35)22(21,3)11-18(33)24(17,20)30/h4-5,8,13,16-18,33H,6-7,9-12H2,1-3H3,(H,34,35)/t13-,16-,17-,18-,20-,21-,22-,24-,25-/m0/s1. The fourth-order valence-electron chi connectivity index (χ4n) is 8.53. The number of aliphatic hydroxyl groups excluding tert-OH is 1. The van der Waals surface area contributed by atoms with Crippen molar-refractivity contribution in [2.45, 2.75) is 76.2 Å². The molecule has 200 valence electrons. The van der Waals surface area contributed by atoms with E-state index in [1.165, 1.54) is 13.0 Å². The number of aliphatic hydroxyl groups is 1. The number of ketones is 1. The lowest BCUT2D eigenvalue weighted by atomic mass is 9.40.